The highest BCUT2D eigenvalue weighted by atomic mass is 32.2. The number of carbonyl (C=O) groups excluding carboxylic acids is 1. The highest BCUT2D eigenvalue weighted by Crippen LogP contribution is 2.23. The number of aromatic nitrogens is 3. The van der Waals surface area contributed by atoms with E-state index in [1.54, 1.807) is 36.9 Å². The number of H-pyrrole nitrogens is 1. The number of carbonyl (C=O) groups is 1. The van der Waals surface area contributed by atoms with Crippen LogP contribution >= 0.6 is 0 Å². The summed E-state index contributed by atoms with van der Waals surface area (Å²) in [6.07, 6.45) is 1.34. The molecule has 3 aromatic rings. The summed E-state index contributed by atoms with van der Waals surface area (Å²) in [5.41, 5.74) is 2.72. The van der Waals surface area contributed by atoms with E-state index in [-0.39, 0.29) is 23.9 Å². The summed E-state index contributed by atoms with van der Waals surface area (Å²) in [5, 5.41) is 6.68. The van der Waals surface area contributed by atoms with Crippen molar-refractivity contribution in [1.29, 1.82) is 0 Å². The molecule has 1 N–H and O–H groups in total. The molecule has 0 atom stereocenters. The van der Waals surface area contributed by atoms with Gasteiger partial charge in [-0.2, -0.15) is 9.40 Å². The summed E-state index contributed by atoms with van der Waals surface area (Å²) in [5.74, 6) is -0.146. The lowest BCUT2D eigenvalue weighted by Crippen LogP contribution is -2.50. The van der Waals surface area contributed by atoms with Crippen molar-refractivity contribution in [3.05, 3.63) is 41.5 Å². The number of piperazine rings is 1. The Labute approximate surface area is 156 Å². The molecule has 3 heterocycles. The maximum absolute atomic E-state index is 12.9. The maximum atomic E-state index is 12.9. The molecule has 4 rings (SSSR count). The first-order chi connectivity index (χ1) is 12.9. The van der Waals surface area contributed by atoms with Gasteiger partial charge in [-0.05, 0) is 32.0 Å². The lowest BCUT2D eigenvalue weighted by molar-refractivity contribution is 0.0698. The van der Waals surface area contributed by atoms with Gasteiger partial charge in [0.1, 0.15) is 10.4 Å². The van der Waals surface area contributed by atoms with Crippen molar-refractivity contribution in [2.75, 3.05) is 26.2 Å². The van der Waals surface area contributed by atoms with Gasteiger partial charge in [-0.25, -0.2) is 13.4 Å². The molecule has 0 unspecified atom stereocenters. The number of fused-ring (bicyclic) bond motifs is 1. The Bertz CT molecular complexity index is 1090. The van der Waals surface area contributed by atoms with Crippen LogP contribution in [0.4, 0.5) is 0 Å². The topological polar surface area (TPSA) is 112 Å². The third-order valence-corrected chi connectivity index (χ3v) is 6.92. The van der Waals surface area contributed by atoms with Crippen LogP contribution in [0, 0.1) is 13.8 Å². The van der Waals surface area contributed by atoms with Crippen LogP contribution in [-0.2, 0) is 10.0 Å². The highest BCUT2D eigenvalue weighted by Gasteiger charge is 2.33. The van der Waals surface area contributed by atoms with E-state index in [0.29, 0.717) is 41.1 Å². The number of amides is 1. The van der Waals surface area contributed by atoms with E-state index in [1.165, 1.54) is 10.7 Å². The largest absolute Gasteiger partial charge is 0.443 e. The monoisotopic (exact) mass is 389 g/mol. The fraction of sp³-hybridized carbons (Fsp3) is 0.353. The maximum Gasteiger partial charge on any atom is 0.254 e. The third kappa shape index (κ3) is 3.00. The molecule has 0 saturated carbocycles. The van der Waals surface area contributed by atoms with E-state index in [9.17, 15) is 13.2 Å². The summed E-state index contributed by atoms with van der Waals surface area (Å²) in [6.45, 7) is 4.48. The quantitative estimate of drug-likeness (QED) is 0.723. The van der Waals surface area contributed by atoms with Gasteiger partial charge in [0.25, 0.3) is 5.91 Å². The number of sulfonamides is 1. The van der Waals surface area contributed by atoms with Crippen LogP contribution in [0.15, 0.2) is 33.9 Å². The minimum absolute atomic E-state index is 0.146. The molecule has 9 nitrogen and oxygen atoms in total. The minimum Gasteiger partial charge on any atom is -0.443 e. The van der Waals surface area contributed by atoms with Crippen LogP contribution in [0.3, 0.4) is 0 Å². The molecule has 1 fully saturated rings. The molecule has 1 aromatic carbocycles. The molecule has 0 aliphatic carbocycles. The van der Waals surface area contributed by atoms with Crippen molar-refractivity contribution in [3.63, 3.8) is 0 Å². The molecule has 1 amide bonds. The van der Waals surface area contributed by atoms with Gasteiger partial charge in [-0.3, -0.25) is 9.89 Å². The van der Waals surface area contributed by atoms with Gasteiger partial charge in [0.2, 0.25) is 10.0 Å². The molecule has 1 aliphatic rings. The smallest absolute Gasteiger partial charge is 0.254 e. The first kappa shape index (κ1) is 17.7. The number of nitrogens with zero attached hydrogens (tertiary/aromatic N) is 4. The lowest BCUT2D eigenvalue weighted by Gasteiger charge is -2.34. The normalized spacial score (nSPS) is 16.1. The molecule has 10 heteroatoms. The molecule has 1 aliphatic heterocycles. The number of aromatic amines is 1. The van der Waals surface area contributed by atoms with Crippen molar-refractivity contribution >= 4 is 27.0 Å². The van der Waals surface area contributed by atoms with Gasteiger partial charge in [0, 0.05) is 31.7 Å². The standard InChI is InChI=1S/C17H19N5O4S/c1-11-16(12(2)20-19-11)27(24,25)22-7-5-21(6-8-22)17(23)13-3-4-15-14(9-13)18-10-26-15/h3-4,9-10H,5-8H2,1-2H3,(H,19,20). The van der Waals surface area contributed by atoms with Crippen LogP contribution in [-0.4, -0.2) is 64.9 Å². The molecular formula is C17H19N5O4S. The zero-order valence-corrected chi connectivity index (χ0v) is 15.8. The Morgan fingerprint density at radius 2 is 1.93 bits per heavy atom. The predicted molar refractivity (Wildman–Crippen MR) is 96.7 cm³/mol. The van der Waals surface area contributed by atoms with Crippen molar-refractivity contribution in [3.8, 4) is 0 Å². The van der Waals surface area contributed by atoms with E-state index in [2.05, 4.69) is 15.2 Å². The molecule has 0 bridgehead atoms. The minimum atomic E-state index is -3.64. The molecular weight excluding hydrogens is 370 g/mol. The Hall–Kier alpha value is -2.72. The van der Waals surface area contributed by atoms with Crippen LogP contribution in [0.25, 0.3) is 11.1 Å². The molecule has 0 spiro atoms. The van der Waals surface area contributed by atoms with Gasteiger partial charge in [-0.1, -0.05) is 0 Å². The van der Waals surface area contributed by atoms with Crippen molar-refractivity contribution in [1.82, 2.24) is 24.4 Å². The second kappa shape index (κ2) is 6.46. The summed E-state index contributed by atoms with van der Waals surface area (Å²) >= 11 is 0. The van der Waals surface area contributed by atoms with E-state index in [0.717, 1.165) is 0 Å². The van der Waals surface area contributed by atoms with E-state index in [4.69, 9.17) is 4.42 Å². The van der Waals surface area contributed by atoms with Crippen LogP contribution < -0.4 is 0 Å². The SMILES string of the molecule is Cc1n[nH]c(C)c1S(=O)(=O)N1CCN(C(=O)c2ccc3ocnc3c2)CC1. The number of nitrogens with one attached hydrogen (secondary N) is 1. The number of oxazole rings is 1. The molecule has 1 saturated heterocycles. The fourth-order valence-corrected chi connectivity index (χ4v) is 5.11. The van der Waals surface area contributed by atoms with Crippen LogP contribution in [0.5, 0.6) is 0 Å². The molecule has 142 valence electrons. The Morgan fingerprint density at radius 1 is 1.19 bits per heavy atom. The summed E-state index contributed by atoms with van der Waals surface area (Å²) < 4.78 is 32.4. The Morgan fingerprint density at radius 3 is 2.59 bits per heavy atom. The van der Waals surface area contributed by atoms with Gasteiger partial charge in [0.05, 0.1) is 11.4 Å². The zero-order chi connectivity index (χ0) is 19.2. The zero-order valence-electron chi connectivity index (χ0n) is 15.0. The molecule has 2 aromatic heterocycles. The van der Waals surface area contributed by atoms with Crippen molar-refractivity contribution in [2.45, 2.75) is 18.7 Å². The molecule has 0 radical (unpaired) electrons. The Balaban J connectivity index is 1.49. The van der Waals surface area contributed by atoms with E-state index < -0.39 is 10.0 Å². The lowest BCUT2D eigenvalue weighted by atomic mass is 10.1. The Kier molecular flexibility index (Phi) is 4.23. The van der Waals surface area contributed by atoms with Crippen molar-refractivity contribution < 1.29 is 17.6 Å². The number of aryl methyl sites for hydroxylation is 2. The number of hydrogen-bond donors (Lipinski definition) is 1. The third-order valence-electron chi connectivity index (χ3n) is 4.76. The second-order valence-corrected chi connectivity index (χ2v) is 8.37. The van der Waals surface area contributed by atoms with E-state index >= 15 is 0 Å². The first-order valence-electron chi connectivity index (χ1n) is 8.52. The average Bonchev–Trinajstić information content (AvgIpc) is 3.26. The number of benzene rings is 1. The summed E-state index contributed by atoms with van der Waals surface area (Å²) in [7, 11) is -3.64. The second-order valence-electron chi connectivity index (χ2n) is 6.49. The van der Waals surface area contributed by atoms with Gasteiger partial charge in [0.15, 0.2) is 12.0 Å². The average molecular weight is 389 g/mol. The predicted octanol–water partition coefficient (Wildman–Crippen LogP) is 1.31. The first-order valence-corrected chi connectivity index (χ1v) is 9.96. The molecule has 27 heavy (non-hydrogen) atoms. The van der Waals surface area contributed by atoms with E-state index in [1.807, 2.05) is 0 Å². The highest BCUT2D eigenvalue weighted by molar-refractivity contribution is 7.89. The van der Waals surface area contributed by atoms with Crippen LogP contribution in [0.2, 0.25) is 0 Å². The van der Waals surface area contributed by atoms with Gasteiger partial charge in [-0.15, -0.1) is 0 Å². The summed E-state index contributed by atoms with van der Waals surface area (Å²) in [6, 6.07) is 5.08. The van der Waals surface area contributed by atoms with Gasteiger partial charge < -0.3 is 9.32 Å². The number of rotatable bonds is 3. The van der Waals surface area contributed by atoms with Crippen LogP contribution in [0.1, 0.15) is 21.7 Å². The number of hydrogen-bond acceptors (Lipinski definition) is 6. The van der Waals surface area contributed by atoms with Crippen molar-refractivity contribution in [2.24, 2.45) is 0 Å². The fourth-order valence-electron chi connectivity index (χ4n) is 3.35. The summed E-state index contributed by atoms with van der Waals surface area (Å²) in [4.78, 5) is 18.7. The van der Waals surface area contributed by atoms with Gasteiger partial charge >= 0.3 is 0 Å².